The maximum Gasteiger partial charge on any atom is 0.203 e. The summed E-state index contributed by atoms with van der Waals surface area (Å²) in [5.41, 5.74) is 2.59. The van der Waals surface area contributed by atoms with E-state index in [2.05, 4.69) is 26.2 Å². The van der Waals surface area contributed by atoms with Crippen LogP contribution in [0.2, 0.25) is 10.0 Å². The molecule has 0 unspecified atom stereocenters. The maximum atomic E-state index is 12.8. The van der Waals surface area contributed by atoms with Gasteiger partial charge in [0.05, 0.1) is 27.9 Å². The Hall–Kier alpha value is -2.28. The first-order valence-electron chi connectivity index (χ1n) is 8.35. The molecule has 4 aromatic rings. The summed E-state index contributed by atoms with van der Waals surface area (Å²) in [6, 6.07) is 11.1. The van der Waals surface area contributed by atoms with Crippen molar-refractivity contribution in [1.82, 2.24) is 9.55 Å². The molecule has 2 heterocycles. The molecule has 0 radical (unpaired) electrons. The van der Waals surface area contributed by atoms with Gasteiger partial charge in [0.2, 0.25) is 5.95 Å². The van der Waals surface area contributed by atoms with E-state index in [1.807, 2.05) is 35.9 Å². The monoisotopic (exact) mass is 477 g/mol. The summed E-state index contributed by atoms with van der Waals surface area (Å²) in [6.45, 7) is 0.255. The molecule has 0 aliphatic heterocycles. The number of nitrogens with zero attached hydrogens (tertiary/aromatic N) is 2. The molecule has 28 heavy (non-hydrogen) atoms. The van der Waals surface area contributed by atoms with E-state index in [4.69, 9.17) is 27.6 Å². The van der Waals surface area contributed by atoms with Crippen LogP contribution in [-0.2, 0) is 13.6 Å². The van der Waals surface area contributed by atoms with Crippen molar-refractivity contribution < 1.29 is 4.42 Å². The fraction of sp³-hybridized carbons (Fsp3) is 0.100. The Labute approximate surface area is 179 Å². The lowest BCUT2D eigenvalue weighted by molar-refractivity contribution is 0.594. The largest absolute Gasteiger partial charge is 0.462 e. The number of imidazole rings is 1. The molecule has 0 spiro atoms. The van der Waals surface area contributed by atoms with Gasteiger partial charge in [-0.05, 0) is 24.3 Å². The molecule has 4 rings (SSSR count). The Balaban J connectivity index is 1.62. The summed E-state index contributed by atoms with van der Waals surface area (Å²) in [6.07, 6.45) is 3.20. The minimum Gasteiger partial charge on any atom is -0.462 e. The number of nitrogens with one attached hydrogen (secondary N) is 1. The molecule has 0 bridgehead atoms. The molecule has 142 valence electrons. The van der Waals surface area contributed by atoms with Gasteiger partial charge in [0, 0.05) is 28.7 Å². The second-order valence-electron chi connectivity index (χ2n) is 6.24. The number of fused-ring (bicyclic) bond motifs is 1. The van der Waals surface area contributed by atoms with Crippen molar-refractivity contribution in [2.45, 2.75) is 6.54 Å². The molecule has 0 fully saturated rings. The predicted molar refractivity (Wildman–Crippen MR) is 116 cm³/mol. The van der Waals surface area contributed by atoms with E-state index >= 15 is 0 Å². The third-order valence-corrected chi connectivity index (χ3v) is 5.40. The van der Waals surface area contributed by atoms with Crippen LogP contribution in [0.15, 0.2) is 62.5 Å². The van der Waals surface area contributed by atoms with Crippen molar-refractivity contribution in [3.63, 3.8) is 0 Å². The molecule has 2 aromatic heterocycles. The zero-order chi connectivity index (χ0) is 19.8. The average Bonchev–Trinajstić information content (AvgIpc) is 3.02. The first-order valence-corrected chi connectivity index (χ1v) is 9.90. The van der Waals surface area contributed by atoms with Crippen LogP contribution in [-0.4, -0.2) is 9.55 Å². The van der Waals surface area contributed by atoms with Gasteiger partial charge in [-0.15, -0.1) is 0 Å². The smallest absolute Gasteiger partial charge is 0.203 e. The zero-order valence-corrected chi connectivity index (χ0v) is 17.8. The highest BCUT2D eigenvalue weighted by Gasteiger charge is 2.13. The molecule has 8 heteroatoms. The van der Waals surface area contributed by atoms with E-state index in [9.17, 15) is 4.79 Å². The van der Waals surface area contributed by atoms with E-state index in [0.29, 0.717) is 32.5 Å². The number of aromatic nitrogens is 2. The fourth-order valence-electron chi connectivity index (χ4n) is 2.99. The number of hydrogen-bond donors (Lipinski definition) is 1. The van der Waals surface area contributed by atoms with Gasteiger partial charge in [-0.1, -0.05) is 51.3 Å². The lowest BCUT2D eigenvalue weighted by Gasteiger charge is -2.09. The van der Waals surface area contributed by atoms with Gasteiger partial charge >= 0.3 is 0 Å². The van der Waals surface area contributed by atoms with Crippen LogP contribution in [0.1, 0.15) is 5.56 Å². The number of rotatable bonds is 4. The Kier molecular flexibility index (Phi) is 5.19. The summed E-state index contributed by atoms with van der Waals surface area (Å²) in [5, 5.41) is 4.23. The van der Waals surface area contributed by atoms with Crippen LogP contribution < -0.4 is 10.7 Å². The van der Waals surface area contributed by atoms with Crippen molar-refractivity contribution >= 4 is 56.0 Å². The van der Waals surface area contributed by atoms with E-state index in [0.717, 1.165) is 15.7 Å². The molecular formula is C20H14BrCl2N3O2. The fourth-order valence-corrected chi connectivity index (χ4v) is 3.93. The average molecular weight is 479 g/mol. The zero-order valence-electron chi connectivity index (χ0n) is 14.7. The quantitative estimate of drug-likeness (QED) is 0.398. The SMILES string of the molecule is Cn1c(-c2cccc(Br)c2)cnc1NCc1coc2c(Cl)cc(Cl)cc2c1=O. The molecule has 2 aromatic carbocycles. The van der Waals surface area contributed by atoms with Crippen LogP contribution in [0.25, 0.3) is 22.2 Å². The molecular weight excluding hydrogens is 465 g/mol. The predicted octanol–water partition coefficient (Wildman–Crippen LogP) is 5.87. The summed E-state index contributed by atoms with van der Waals surface area (Å²) in [5.74, 6) is 0.638. The second kappa shape index (κ2) is 7.62. The van der Waals surface area contributed by atoms with Gasteiger partial charge < -0.3 is 14.3 Å². The van der Waals surface area contributed by atoms with E-state index in [-0.39, 0.29) is 12.0 Å². The van der Waals surface area contributed by atoms with Gasteiger partial charge in [0.1, 0.15) is 6.26 Å². The lowest BCUT2D eigenvalue weighted by atomic mass is 10.1. The standard InChI is InChI=1S/C20H14BrCl2N3O2/c1-26-17(11-3-2-4-13(21)5-11)9-25-20(26)24-8-12-10-28-19-15(18(12)27)6-14(22)7-16(19)23/h2-7,9-10H,8H2,1H3,(H,24,25). The highest BCUT2D eigenvalue weighted by Crippen LogP contribution is 2.27. The molecule has 0 saturated heterocycles. The summed E-state index contributed by atoms with van der Waals surface area (Å²) >= 11 is 15.6. The highest BCUT2D eigenvalue weighted by molar-refractivity contribution is 9.10. The first kappa shape index (κ1) is 19.1. The number of benzene rings is 2. The van der Waals surface area contributed by atoms with Crippen molar-refractivity contribution in [1.29, 1.82) is 0 Å². The Morgan fingerprint density at radius 3 is 2.86 bits per heavy atom. The lowest BCUT2D eigenvalue weighted by Crippen LogP contribution is -2.14. The van der Waals surface area contributed by atoms with Crippen molar-refractivity contribution in [2.24, 2.45) is 7.05 Å². The molecule has 1 N–H and O–H groups in total. The molecule has 5 nitrogen and oxygen atoms in total. The van der Waals surface area contributed by atoms with E-state index in [1.54, 1.807) is 18.3 Å². The molecule has 0 aliphatic carbocycles. The maximum absolute atomic E-state index is 12.8. The third kappa shape index (κ3) is 3.55. The number of halogens is 3. The van der Waals surface area contributed by atoms with Crippen LogP contribution in [0.3, 0.4) is 0 Å². The van der Waals surface area contributed by atoms with Crippen LogP contribution >= 0.6 is 39.1 Å². The topological polar surface area (TPSA) is 60.1 Å². The van der Waals surface area contributed by atoms with Crippen molar-refractivity contribution in [3.8, 4) is 11.3 Å². The van der Waals surface area contributed by atoms with E-state index < -0.39 is 0 Å². The molecule has 0 aliphatic rings. The van der Waals surface area contributed by atoms with Gasteiger partial charge in [0.25, 0.3) is 0 Å². The Morgan fingerprint density at radius 1 is 1.25 bits per heavy atom. The minimum atomic E-state index is -0.181. The summed E-state index contributed by atoms with van der Waals surface area (Å²) in [7, 11) is 1.91. The molecule has 0 atom stereocenters. The van der Waals surface area contributed by atoms with Gasteiger partial charge in [-0.25, -0.2) is 4.98 Å². The van der Waals surface area contributed by atoms with Crippen LogP contribution in [0.4, 0.5) is 5.95 Å². The Bertz CT molecular complexity index is 1250. The van der Waals surface area contributed by atoms with Gasteiger partial charge in [0.15, 0.2) is 11.0 Å². The number of anilines is 1. The first-order chi connectivity index (χ1) is 13.4. The summed E-state index contributed by atoms with van der Waals surface area (Å²) < 4.78 is 8.47. The highest BCUT2D eigenvalue weighted by atomic mass is 79.9. The molecule has 0 amide bonds. The van der Waals surface area contributed by atoms with Crippen LogP contribution in [0, 0.1) is 0 Å². The normalized spacial score (nSPS) is 11.1. The second-order valence-corrected chi connectivity index (χ2v) is 8.00. The molecule has 0 saturated carbocycles. The van der Waals surface area contributed by atoms with Crippen molar-refractivity contribution in [2.75, 3.05) is 5.32 Å². The van der Waals surface area contributed by atoms with Gasteiger partial charge in [-0.2, -0.15) is 0 Å². The summed E-state index contributed by atoms with van der Waals surface area (Å²) in [4.78, 5) is 17.2. The number of hydrogen-bond acceptors (Lipinski definition) is 4. The van der Waals surface area contributed by atoms with Crippen molar-refractivity contribution in [3.05, 3.63) is 79.2 Å². The Morgan fingerprint density at radius 2 is 2.07 bits per heavy atom. The van der Waals surface area contributed by atoms with E-state index in [1.165, 1.54) is 6.26 Å². The van der Waals surface area contributed by atoms with Gasteiger partial charge in [-0.3, -0.25) is 4.79 Å². The van der Waals surface area contributed by atoms with Crippen LogP contribution in [0.5, 0.6) is 0 Å². The third-order valence-electron chi connectivity index (χ3n) is 4.41. The minimum absolute atomic E-state index is 0.181.